The van der Waals surface area contributed by atoms with Crippen molar-refractivity contribution < 1.29 is 4.79 Å². The molecule has 0 bridgehead atoms. The maximum Gasteiger partial charge on any atom is 0.245 e. The van der Waals surface area contributed by atoms with Crippen LogP contribution in [0, 0.1) is 0 Å². The molecule has 1 aliphatic heterocycles. The minimum Gasteiger partial charge on any atom is -0.339 e. The molecule has 136 valence electrons. The molecule has 1 fully saturated rings. The molecule has 4 heteroatoms. The summed E-state index contributed by atoms with van der Waals surface area (Å²) in [7, 11) is 1.90. The molecule has 1 aromatic rings. The minimum absolute atomic E-state index is 0. The third-order valence-electron chi connectivity index (χ3n) is 5.55. The fraction of sp³-hybridized carbons (Fsp3) is 0.476. The number of likely N-dealkylation sites (tertiary alicyclic amines) is 1. The van der Waals surface area contributed by atoms with Crippen LogP contribution in [0.5, 0.6) is 0 Å². The highest BCUT2D eigenvalue weighted by atomic mass is 35.5. The van der Waals surface area contributed by atoms with Crippen LogP contribution in [0.3, 0.4) is 0 Å². The highest BCUT2D eigenvalue weighted by Crippen LogP contribution is 2.30. The number of piperidine rings is 1. The maximum absolute atomic E-state index is 11.8. The molecule has 3 nitrogen and oxygen atoms in total. The molecule has 1 amide bonds. The van der Waals surface area contributed by atoms with Crippen molar-refractivity contribution in [3.05, 3.63) is 60.2 Å². The summed E-state index contributed by atoms with van der Waals surface area (Å²) >= 11 is 0. The molecule has 0 radical (unpaired) electrons. The maximum atomic E-state index is 11.8. The Morgan fingerprint density at radius 3 is 2.48 bits per heavy atom. The second kappa shape index (κ2) is 9.21. The van der Waals surface area contributed by atoms with Gasteiger partial charge in [-0.25, -0.2) is 0 Å². The van der Waals surface area contributed by atoms with Gasteiger partial charge < -0.3 is 4.90 Å². The largest absolute Gasteiger partial charge is 0.339 e. The van der Waals surface area contributed by atoms with Gasteiger partial charge in [0.25, 0.3) is 0 Å². The van der Waals surface area contributed by atoms with E-state index in [-0.39, 0.29) is 18.3 Å². The number of allylic oxidation sites excluding steroid dienone is 1. The highest BCUT2D eigenvalue weighted by molar-refractivity contribution is 5.87. The molecule has 0 N–H and O–H groups in total. The van der Waals surface area contributed by atoms with Gasteiger partial charge in [0.05, 0.1) is 0 Å². The number of carbonyl (C=O) groups excluding carboxylic acids is 1. The SMILES string of the molecule is C=CC(=O)N(C)C1CCN(C(Cc2ccccc2)C2=CCC2)CC1.Cl. The zero-order valence-electron chi connectivity index (χ0n) is 15.1. The molecule has 1 aromatic carbocycles. The molecule has 1 atom stereocenters. The lowest BCUT2D eigenvalue weighted by Crippen LogP contribution is -2.49. The van der Waals surface area contributed by atoms with Crippen molar-refractivity contribution in [1.29, 1.82) is 0 Å². The number of carbonyl (C=O) groups is 1. The Morgan fingerprint density at radius 1 is 1.32 bits per heavy atom. The van der Waals surface area contributed by atoms with Crippen molar-refractivity contribution in [1.82, 2.24) is 9.80 Å². The summed E-state index contributed by atoms with van der Waals surface area (Å²) in [6.45, 7) is 5.73. The second-order valence-electron chi connectivity index (χ2n) is 6.94. The van der Waals surface area contributed by atoms with Gasteiger partial charge in [-0.3, -0.25) is 9.69 Å². The number of hydrogen-bond acceptors (Lipinski definition) is 2. The number of amides is 1. The van der Waals surface area contributed by atoms with E-state index in [0.717, 1.165) is 32.4 Å². The van der Waals surface area contributed by atoms with Crippen molar-refractivity contribution >= 4 is 18.3 Å². The normalized spacial score (nSPS) is 19.2. The first-order valence-electron chi connectivity index (χ1n) is 9.05. The summed E-state index contributed by atoms with van der Waals surface area (Å²) in [5.41, 5.74) is 3.02. The van der Waals surface area contributed by atoms with Crippen LogP contribution in [-0.4, -0.2) is 47.9 Å². The Kier molecular flexibility index (Phi) is 7.27. The van der Waals surface area contributed by atoms with Crippen LogP contribution >= 0.6 is 12.4 Å². The predicted molar refractivity (Wildman–Crippen MR) is 106 cm³/mol. The first kappa shape index (κ1) is 19.7. The van der Waals surface area contributed by atoms with Gasteiger partial charge in [-0.2, -0.15) is 0 Å². The zero-order chi connectivity index (χ0) is 16.9. The van der Waals surface area contributed by atoms with E-state index in [1.807, 2.05) is 11.9 Å². The fourth-order valence-corrected chi connectivity index (χ4v) is 3.85. The number of likely N-dealkylation sites (N-methyl/N-ethyl adjacent to an activating group) is 1. The first-order chi connectivity index (χ1) is 11.7. The predicted octanol–water partition coefficient (Wildman–Crippen LogP) is 3.85. The number of hydrogen-bond donors (Lipinski definition) is 0. The lowest BCUT2D eigenvalue weighted by atomic mass is 9.86. The average molecular weight is 361 g/mol. The molecule has 1 unspecified atom stereocenters. The summed E-state index contributed by atoms with van der Waals surface area (Å²) < 4.78 is 0. The van der Waals surface area contributed by atoms with E-state index in [1.165, 1.54) is 24.5 Å². The second-order valence-corrected chi connectivity index (χ2v) is 6.94. The Morgan fingerprint density at radius 2 is 1.96 bits per heavy atom. The Bertz CT molecular complexity index is 606. The minimum atomic E-state index is 0. The average Bonchev–Trinajstić information content (AvgIpc) is 2.59. The standard InChI is InChI=1S/C21H28N2O.ClH/c1-3-21(24)22(2)19-12-14-23(15-13-19)20(18-10-7-11-18)16-17-8-5-4-6-9-17;/h3-6,8-10,19-20H,1,7,11-16H2,2H3;1H. The molecule has 25 heavy (non-hydrogen) atoms. The van der Waals surface area contributed by atoms with Crippen LogP contribution in [0.1, 0.15) is 31.2 Å². The summed E-state index contributed by atoms with van der Waals surface area (Å²) in [6.07, 6.45) is 9.50. The van der Waals surface area contributed by atoms with Crippen molar-refractivity contribution in [3.8, 4) is 0 Å². The first-order valence-corrected chi connectivity index (χ1v) is 9.05. The van der Waals surface area contributed by atoms with Gasteiger partial charge in [0.15, 0.2) is 0 Å². The molecule has 1 heterocycles. The molecule has 3 rings (SSSR count). The number of benzene rings is 1. The van der Waals surface area contributed by atoms with Crippen LogP contribution < -0.4 is 0 Å². The van der Waals surface area contributed by atoms with Gasteiger partial charge in [-0.05, 0) is 43.7 Å². The summed E-state index contributed by atoms with van der Waals surface area (Å²) in [5.74, 6) is 0.0380. The number of halogens is 1. The van der Waals surface area contributed by atoms with E-state index in [0.29, 0.717) is 12.1 Å². The molecular weight excluding hydrogens is 332 g/mol. The van der Waals surface area contributed by atoms with Crippen molar-refractivity contribution in [2.75, 3.05) is 20.1 Å². The van der Waals surface area contributed by atoms with E-state index in [2.05, 4.69) is 47.9 Å². The van der Waals surface area contributed by atoms with E-state index < -0.39 is 0 Å². The topological polar surface area (TPSA) is 23.6 Å². The summed E-state index contributed by atoms with van der Waals surface area (Å²) in [6, 6.07) is 11.7. The van der Waals surface area contributed by atoms with E-state index >= 15 is 0 Å². The van der Waals surface area contributed by atoms with Crippen molar-refractivity contribution in [3.63, 3.8) is 0 Å². The molecule has 1 aliphatic carbocycles. The third kappa shape index (κ3) is 4.74. The highest BCUT2D eigenvalue weighted by Gasteiger charge is 2.30. The van der Waals surface area contributed by atoms with Crippen molar-refractivity contribution in [2.24, 2.45) is 0 Å². The van der Waals surface area contributed by atoms with Gasteiger partial charge in [0.1, 0.15) is 0 Å². The Hall–Kier alpha value is -1.58. The van der Waals surface area contributed by atoms with Gasteiger partial charge in [-0.15, -0.1) is 12.4 Å². The van der Waals surface area contributed by atoms with E-state index in [4.69, 9.17) is 0 Å². The zero-order valence-corrected chi connectivity index (χ0v) is 15.9. The monoisotopic (exact) mass is 360 g/mol. The third-order valence-corrected chi connectivity index (χ3v) is 5.55. The molecule has 0 aromatic heterocycles. The van der Waals surface area contributed by atoms with Crippen LogP contribution in [0.2, 0.25) is 0 Å². The van der Waals surface area contributed by atoms with Crippen LogP contribution in [0.4, 0.5) is 0 Å². The Balaban J connectivity index is 0.00000225. The smallest absolute Gasteiger partial charge is 0.245 e. The molecular formula is C21H29ClN2O. The van der Waals surface area contributed by atoms with Crippen LogP contribution in [0.15, 0.2) is 54.6 Å². The summed E-state index contributed by atoms with van der Waals surface area (Å²) in [4.78, 5) is 16.3. The molecule has 2 aliphatic rings. The lowest BCUT2D eigenvalue weighted by Gasteiger charge is -2.42. The molecule has 1 saturated heterocycles. The van der Waals surface area contributed by atoms with Gasteiger partial charge in [0.2, 0.25) is 5.91 Å². The van der Waals surface area contributed by atoms with Crippen molar-refractivity contribution in [2.45, 2.75) is 44.2 Å². The van der Waals surface area contributed by atoms with Gasteiger partial charge >= 0.3 is 0 Å². The molecule has 0 spiro atoms. The number of rotatable bonds is 6. The van der Waals surface area contributed by atoms with E-state index in [9.17, 15) is 4.79 Å². The quantitative estimate of drug-likeness (QED) is 0.568. The summed E-state index contributed by atoms with van der Waals surface area (Å²) in [5, 5.41) is 0. The van der Waals surface area contributed by atoms with Gasteiger partial charge in [-0.1, -0.05) is 48.6 Å². The van der Waals surface area contributed by atoms with Gasteiger partial charge in [0, 0.05) is 32.2 Å². The molecule has 0 saturated carbocycles. The van der Waals surface area contributed by atoms with E-state index in [1.54, 1.807) is 5.57 Å². The number of nitrogens with zero attached hydrogens (tertiary/aromatic N) is 2. The Labute approximate surface area is 157 Å². The van der Waals surface area contributed by atoms with Crippen LogP contribution in [-0.2, 0) is 11.2 Å². The lowest BCUT2D eigenvalue weighted by molar-refractivity contribution is -0.127. The fourth-order valence-electron chi connectivity index (χ4n) is 3.85. The van der Waals surface area contributed by atoms with Crippen LogP contribution in [0.25, 0.3) is 0 Å².